The van der Waals surface area contributed by atoms with Gasteiger partial charge in [-0.1, -0.05) is 6.92 Å². The van der Waals surface area contributed by atoms with Crippen molar-refractivity contribution in [2.24, 2.45) is 23.2 Å². The minimum Gasteiger partial charge on any atom is -0.353 e. The minimum absolute atomic E-state index is 0.553. The van der Waals surface area contributed by atoms with Crippen LogP contribution in [-0.4, -0.2) is 15.6 Å². The Balaban J connectivity index is 1.52. The molecule has 4 bridgehead atoms. The molecule has 4 saturated carbocycles. The van der Waals surface area contributed by atoms with Gasteiger partial charge in [0.25, 0.3) is 0 Å². The summed E-state index contributed by atoms with van der Waals surface area (Å²) in [6.45, 7) is 5.71. The molecular formula is C18H29N3. The van der Waals surface area contributed by atoms with Crippen LogP contribution < -0.4 is 5.32 Å². The van der Waals surface area contributed by atoms with Gasteiger partial charge in [-0.2, -0.15) is 0 Å². The molecule has 21 heavy (non-hydrogen) atoms. The van der Waals surface area contributed by atoms with Gasteiger partial charge in [-0.3, -0.25) is 0 Å². The molecule has 0 aromatic carbocycles. The van der Waals surface area contributed by atoms with E-state index in [4.69, 9.17) is 0 Å². The Kier molecular flexibility index (Phi) is 3.27. The van der Waals surface area contributed by atoms with Gasteiger partial charge in [0.15, 0.2) is 0 Å². The minimum atomic E-state index is 0.553. The zero-order chi connectivity index (χ0) is 14.4. The summed E-state index contributed by atoms with van der Waals surface area (Å²) in [7, 11) is 0. The summed E-state index contributed by atoms with van der Waals surface area (Å²) in [5, 5.41) is 3.78. The monoisotopic (exact) mass is 287 g/mol. The van der Waals surface area contributed by atoms with Gasteiger partial charge in [0.1, 0.15) is 0 Å². The first-order valence-electron chi connectivity index (χ1n) is 8.96. The van der Waals surface area contributed by atoms with Crippen LogP contribution in [0.2, 0.25) is 0 Å². The number of nitrogens with one attached hydrogen (secondary N) is 1. The molecule has 0 radical (unpaired) electrons. The fraction of sp³-hybridized carbons (Fsp3) is 0.833. The maximum absolute atomic E-state index is 4.55. The van der Waals surface area contributed by atoms with Crippen molar-refractivity contribution in [3.63, 3.8) is 0 Å². The average molecular weight is 287 g/mol. The van der Waals surface area contributed by atoms with Gasteiger partial charge in [-0.05, 0) is 75.0 Å². The van der Waals surface area contributed by atoms with E-state index >= 15 is 0 Å². The van der Waals surface area contributed by atoms with E-state index in [1.807, 2.05) is 6.20 Å². The highest BCUT2D eigenvalue weighted by atomic mass is 15.2. The number of hydrogen-bond acceptors (Lipinski definition) is 2. The Morgan fingerprint density at radius 2 is 1.86 bits per heavy atom. The van der Waals surface area contributed by atoms with Crippen molar-refractivity contribution in [1.29, 1.82) is 0 Å². The van der Waals surface area contributed by atoms with Gasteiger partial charge in [-0.25, -0.2) is 4.98 Å². The number of hydrogen-bond donors (Lipinski definition) is 1. The van der Waals surface area contributed by atoms with E-state index in [2.05, 4.69) is 34.9 Å². The lowest BCUT2D eigenvalue weighted by molar-refractivity contribution is -0.0604. The van der Waals surface area contributed by atoms with E-state index in [1.54, 1.807) is 0 Å². The predicted molar refractivity (Wildman–Crippen MR) is 86.2 cm³/mol. The molecule has 1 atom stereocenters. The van der Waals surface area contributed by atoms with Crippen molar-refractivity contribution in [1.82, 2.24) is 9.55 Å². The van der Waals surface area contributed by atoms with Crippen LogP contribution in [0.3, 0.4) is 0 Å². The standard InChI is InChI=1S/C18H29N3/c1-3-5-21-6-4-19-17(21)20-13(2)18-10-14-7-15(11-18)9-16(8-14)12-18/h4,6,13-16H,3,5,7-12H2,1-2H3,(H,19,20). The molecule has 1 heterocycles. The topological polar surface area (TPSA) is 29.9 Å². The zero-order valence-corrected chi connectivity index (χ0v) is 13.5. The van der Waals surface area contributed by atoms with Gasteiger partial charge in [0, 0.05) is 25.0 Å². The molecule has 5 rings (SSSR count). The van der Waals surface area contributed by atoms with Crippen LogP contribution in [0.15, 0.2) is 12.4 Å². The third-order valence-corrected chi connectivity index (χ3v) is 6.53. The second-order valence-corrected chi connectivity index (χ2v) is 8.09. The molecule has 1 N–H and O–H groups in total. The zero-order valence-electron chi connectivity index (χ0n) is 13.5. The maximum Gasteiger partial charge on any atom is 0.202 e. The summed E-state index contributed by atoms with van der Waals surface area (Å²) in [6, 6.07) is 0.559. The predicted octanol–water partition coefficient (Wildman–Crippen LogP) is 4.31. The van der Waals surface area contributed by atoms with Crippen LogP contribution in [0.25, 0.3) is 0 Å². The highest BCUT2D eigenvalue weighted by Gasteiger charge is 2.53. The molecule has 1 aromatic heterocycles. The smallest absolute Gasteiger partial charge is 0.202 e. The van der Waals surface area contributed by atoms with E-state index in [-0.39, 0.29) is 0 Å². The van der Waals surface area contributed by atoms with Gasteiger partial charge < -0.3 is 9.88 Å². The first-order valence-corrected chi connectivity index (χ1v) is 8.96. The summed E-state index contributed by atoms with van der Waals surface area (Å²) in [5.74, 6) is 4.16. The second kappa shape index (κ2) is 5.03. The third kappa shape index (κ3) is 2.29. The normalized spacial score (nSPS) is 38.7. The number of aryl methyl sites for hydroxylation is 1. The number of anilines is 1. The van der Waals surface area contributed by atoms with E-state index in [0.717, 1.165) is 36.7 Å². The fourth-order valence-corrected chi connectivity index (χ4v) is 5.93. The van der Waals surface area contributed by atoms with Crippen molar-refractivity contribution in [3.05, 3.63) is 12.4 Å². The van der Waals surface area contributed by atoms with E-state index in [0.29, 0.717) is 11.5 Å². The molecule has 4 aliphatic rings. The SMILES string of the molecule is CCCn1ccnc1NC(C)C12CC3CC(CC(C3)C1)C2. The first-order chi connectivity index (χ1) is 10.2. The van der Waals surface area contributed by atoms with Gasteiger partial charge in [0.2, 0.25) is 5.95 Å². The van der Waals surface area contributed by atoms with Crippen LogP contribution in [0.4, 0.5) is 5.95 Å². The van der Waals surface area contributed by atoms with Crippen LogP contribution in [0, 0.1) is 23.2 Å². The van der Waals surface area contributed by atoms with Crippen molar-refractivity contribution < 1.29 is 0 Å². The molecule has 1 aromatic rings. The van der Waals surface area contributed by atoms with Gasteiger partial charge in [0.05, 0.1) is 0 Å². The number of imidazole rings is 1. The summed E-state index contributed by atoms with van der Waals surface area (Å²) in [5.41, 5.74) is 0.553. The Morgan fingerprint density at radius 3 is 2.43 bits per heavy atom. The van der Waals surface area contributed by atoms with Gasteiger partial charge in [-0.15, -0.1) is 0 Å². The molecule has 4 fully saturated rings. The molecule has 3 nitrogen and oxygen atoms in total. The van der Waals surface area contributed by atoms with E-state index in [9.17, 15) is 0 Å². The number of nitrogens with zero attached hydrogens (tertiary/aromatic N) is 2. The van der Waals surface area contributed by atoms with Crippen LogP contribution in [0.5, 0.6) is 0 Å². The molecule has 3 heteroatoms. The lowest BCUT2D eigenvalue weighted by atomic mass is 9.48. The summed E-state index contributed by atoms with van der Waals surface area (Å²) in [6.07, 6.45) is 14.2. The average Bonchev–Trinajstić information content (AvgIpc) is 2.85. The Hall–Kier alpha value is -0.990. The molecule has 116 valence electrons. The quantitative estimate of drug-likeness (QED) is 0.874. The summed E-state index contributed by atoms with van der Waals surface area (Å²) in [4.78, 5) is 4.55. The third-order valence-electron chi connectivity index (χ3n) is 6.53. The van der Waals surface area contributed by atoms with Crippen molar-refractivity contribution in [2.45, 2.75) is 71.4 Å². The molecular weight excluding hydrogens is 258 g/mol. The lowest BCUT2D eigenvalue weighted by Crippen LogP contribution is -2.53. The highest BCUT2D eigenvalue weighted by Crippen LogP contribution is 2.61. The van der Waals surface area contributed by atoms with E-state index in [1.165, 1.54) is 38.5 Å². The maximum atomic E-state index is 4.55. The summed E-state index contributed by atoms with van der Waals surface area (Å²) >= 11 is 0. The first kappa shape index (κ1) is 13.7. The molecule has 0 spiro atoms. The molecule has 4 aliphatic carbocycles. The van der Waals surface area contributed by atoms with Crippen LogP contribution in [0.1, 0.15) is 58.8 Å². The number of aromatic nitrogens is 2. The van der Waals surface area contributed by atoms with E-state index < -0.39 is 0 Å². The van der Waals surface area contributed by atoms with Crippen molar-refractivity contribution in [2.75, 3.05) is 5.32 Å². The molecule has 0 saturated heterocycles. The highest BCUT2D eigenvalue weighted by molar-refractivity contribution is 5.29. The molecule has 0 amide bonds. The fourth-order valence-electron chi connectivity index (χ4n) is 5.93. The number of rotatable bonds is 5. The summed E-state index contributed by atoms with van der Waals surface area (Å²) < 4.78 is 2.27. The second-order valence-electron chi connectivity index (χ2n) is 8.09. The Morgan fingerprint density at radius 1 is 1.24 bits per heavy atom. The molecule has 0 aliphatic heterocycles. The van der Waals surface area contributed by atoms with Crippen molar-refractivity contribution in [3.8, 4) is 0 Å². The molecule has 1 unspecified atom stereocenters. The van der Waals surface area contributed by atoms with Crippen LogP contribution in [-0.2, 0) is 6.54 Å². The van der Waals surface area contributed by atoms with Crippen LogP contribution >= 0.6 is 0 Å². The van der Waals surface area contributed by atoms with Gasteiger partial charge >= 0.3 is 0 Å². The Labute approximate surface area is 128 Å². The Bertz CT molecular complexity index is 469. The lowest BCUT2D eigenvalue weighted by Gasteiger charge is -2.59. The van der Waals surface area contributed by atoms with Crippen molar-refractivity contribution >= 4 is 5.95 Å². The largest absolute Gasteiger partial charge is 0.353 e.